The van der Waals surface area contributed by atoms with Crippen LogP contribution in [0.25, 0.3) is 11.1 Å². The first-order valence-electron chi connectivity index (χ1n) is 9.84. The van der Waals surface area contributed by atoms with E-state index in [1.165, 1.54) is 21.3 Å². The average molecular weight is 411 g/mol. The number of carbonyl (C=O) groups is 1. The number of carbonyl (C=O) groups excluding carboxylic acids is 1. The Morgan fingerprint density at radius 3 is 2.37 bits per heavy atom. The van der Waals surface area contributed by atoms with Gasteiger partial charge in [0.2, 0.25) is 5.75 Å². The molecule has 0 spiro atoms. The number of benzene rings is 2. The lowest BCUT2D eigenvalue weighted by atomic mass is 10.1. The van der Waals surface area contributed by atoms with E-state index >= 15 is 0 Å². The third-order valence-corrected chi connectivity index (χ3v) is 5.25. The molecule has 0 saturated carbocycles. The zero-order chi connectivity index (χ0) is 21.1. The standard InChI is InChI=1S/C22H25N3O5/c1-27-18-13-15(14-19(28-2)20(18)29-3)21(26)24-9-6-10-25(12-11-24)22-23-16-7-4-5-8-17(16)30-22/h4-5,7-8,13-14H,6,9-12H2,1-3H3. The molecule has 1 amide bonds. The Morgan fingerprint density at radius 2 is 1.70 bits per heavy atom. The predicted octanol–water partition coefficient (Wildman–Crippen LogP) is 3.21. The summed E-state index contributed by atoms with van der Waals surface area (Å²) in [4.78, 5) is 21.7. The second-order valence-electron chi connectivity index (χ2n) is 7.01. The van der Waals surface area contributed by atoms with Gasteiger partial charge in [-0.3, -0.25) is 4.79 Å². The van der Waals surface area contributed by atoms with Crippen molar-refractivity contribution in [3.63, 3.8) is 0 Å². The Labute approximate surface area is 174 Å². The number of nitrogens with zero attached hydrogens (tertiary/aromatic N) is 3. The van der Waals surface area contributed by atoms with Crippen LogP contribution in [0.15, 0.2) is 40.8 Å². The largest absolute Gasteiger partial charge is 0.493 e. The molecule has 8 nitrogen and oxygen atoms in total. The van der Waals surface area contributed by atoms with Gasteiger partial charge >= 0.3 is 0 Å². The summed E-state index contributed by atoms with van der Waals surface area (Å²) in [5.74, 6) is 1.31. The van der Waals surface area contributed by atoms with Gasteiger partial charge in [0.15, 0.2) is 17.1 Å². The highest BCUT2D eigenvalue weighted by Crippen LogP contribution is 2.38. The maximum Gasteiger partial charge on any atom is 0.298 e. The van der Waals surface area contributed by atoms with Gasteiger partial charge < -0.3 is 28.4 Å². The Hall–Kier alpha value is -3.42. The van der Waals surface area contributed by atoms with Gasteiger partial charge in [-0.05, 0) is 30.7 Å². The van der Waals surface area contributed by atoms with Crippen molar-refractivity contribution in [2.24, 2.45) is 0 Å². The lowest BCUT2D eigenvalue weighted by molar-refractivity contribution is 0.0766. The fourth-order valence-electron chi connectivity index (χ4n) is 3.69. The minimum atomic E-state index is -0.0753. The Kier molecular flexibility index (Phi) is 5.65. The molecule has 0 unspecified atom stereocenters. The van der Waals surface area contributed by atoms with Crippen molar-refractivity contribution in [2.45, 2.75) is 6.42 Å². The summed E-state index contributed by atoms with van der Waals surface area (Å²) in [5.41, 5.74) is 2.10. The summed E-state index contributed by atoms with van der Waals surface area (Å²) in [5, 5.41) is 0. The van der Waals surface area contributed by atoms with Crippen molar-refractivity contribution in [2.75, 3.05) is 52.4 Å². The van der Waals surface area contributed by atoms with Crippen LogP contribution < -0.4 is 19.1 Å². The highest BCUT2D eigenvalue weighted by Gasteiger charge is 2.25. The number of aromatic nitrogens is 1. The zero-order valence-electron chi connectivity index (χ0n) is 17.4. The lowest BCUT2D eigenvalue weighted by Crippen LogP contribution is -2.35. The normalized spacial score (nSPS) is 14.5. The first-order valence-corrected chi connectivity index (χ1v) is 9.84. The fourth-order valence-corrected chi connectivity index (χ4v) is 3.69. The lowest BCUT2D eigenvalue weighted by Gasteiger charge is -2.22. The van der Waals surface area contributed by atoms with Crippen molar-refractivity contribution in [3.8, 4) is 17.2 Å². The molecular formula is C22H25N3O5. The van der Waals surface area contributed by atoms with E-state index in [2.05, 4.69) is 9.88 Å². The van der Waals surface area contributed by atoms with Crippen molar-refractivity contribution in [1.82, 2.24) is 9.88 Å². The van der Waals surface area contributed by atoms with Crippen LogP contribution in [0.5, 0.6) is 17.2 Å². The van der Waals surface area contributed by atoms with Crippen LogP contribution in [0, 0.1) is 0 Å². The molecule has 8 heteroatoms. The van der Waals surface area contributed by atoms with E-state index in [0.29, 0.717) is 48.5 Å². The summed E-state index contributed by atoms with van der Waals surface area (Å²) < 4.78 is 22.0. The molecule has 4 rings (SSSR count). The molecule has 0 aliphatic carbocycles. The molecule has 1 aliphatic rings. The van der Waals surface area contributed by atoms with Gasteiger partial charge in [-0.1, -0.05) is 12.1 Å². The quantitative estimate of drug-likeness (QED) is 0.638. The summed E-state index contributed by atoms with van der Waals surface area (Å²) >= 11 is 0. The number of anilines is 1. The van der Waals surface area contributed by atoms with Crippen molar-refractivity contribution in [3.05, 3.63) is 42.0 Å². The number of fused-ring (bicyclic) bond motifs is 1. The van der Waals surface area contributed by atoms with E-state index < -0.39 is 0 Å². The van der Waals surface area contributed by atoms with Gasteiger partial charge in [-0.25, -0.2) is 0 Å². The van der Waals surface area contributed by atoms with Crippen molar-refractivity contribution in [1.29, 1.82) is 0 Å². The Balaban J connectivity index is 1.52. The maximum atomic E-state index is 13.2. The van der Waals surface area contributed by atoms with Gasteiger partial charge in [0, 0.05) is 31.7 Å². The third kappa shape index (κ3) is 3.72. The number of rotatable bonds is 5. The first kappa shape index (κ1) is 19.9. The number of ether oxygens (including phenoxy) is 3. The third-order valence-electron chi connectivity index (χ3n) is 5.25. The number of para-hydroxylation sites is 2. The summed E-state index contributed by atoms with van der Waals surface area (Å²) in [7, 11) is 4.61. The van der Waals surface area contributed by atoms with Crippen LogP contribution in [0.2, 0.25) is 0 Å². The van der Waals surface area contributed by atoms with Crippen LogP contribution >= 0.6 is 0 Å². The van der Waals surface area contributed by atoms with Crippen LogP contribution in [-0.4, -0.2) is 63.3 Å². The van der Waals surface area contributed by atoms with Crippen LogP contribution in [-0.2, 0) is 0 Å². The SMILES string of the molecule is COc1cc(C(=O)N2CCCN(c3nc4ccccc4o3)CC2)cc(OC)c1OC. The smallest absolute Gasteiger partial charge is 0.298 e. The summed E-state index contributed by atoms with van der Waals surface area (Å²) in [6, 6.07) is 11.7. The van der Waals surface area contributed by atoms with E-state index in [-0.39, 0.29) is 5.91 Å². The van der Waals surface area contributed by atoms with E-state index in [0.717, 1.165) is 24.1 Å². The number of oxazole rings is 1. The summed E-state index contributed by atoms with van der Waals surface area (Å²) in [6.07, 6.45) is 0.814. The van der Waals surface area contributed by atoms with E-state index in [9.17, 15) is 4.79 Å². The number of methoxy groups -OCH3 is 3. The number of hydrogen-bond acceptors (Lipinski definition) is 7. The molecule has 0 atom stereocenters. The summed E-state index contributed by atoms with van der Waals surface area (Å²) in [6.45, 7) is 2.62. The minimum Gasteiger partial charge on any atom is -0.493 e. The van der Waals surface area contributed by atoms with Crippen LogP contribution in [0.1, 0.15) is 16.8 Å². The molecule has 1 fully saturated rings. The highest BCUT2D eigenvalue weighted by atomic mass is 16.5. The zero-order valence-corrected chi connectivity index (χ0v) is 17.4. The second-order valence-corrected chi connectivity index (χ2v) is 7.01. The molecule has 2 heterocycles. The molecule has 1 aliphatic heterocycles. The van der Waals surface area contributed by atoms with E-state index in [4.69, 9.17) is 18.6 Å². The molecule has 0 radical (unpaired) electrons. The van der Waals surface area contributed by atoms with Gasteiger partial charge in [-0.2, -0.15) is 4.98 Å². The number of amides is 1. The molecule has 1 aromatic heterocycles. The molecule has 2 aromatic carbocycles. The van der Waals surface area contributed by atoms with Crippen LogP contribution in [0.4, 0.5) is 6.01 Å². The average Bonchev–Trinajstić information content (AvgIpc) is 3.06. The van der Waals surface area contributed by atoms with Gasteiger partial charge in [-0.15, -0.1) is 0 Å². The number of hydrogen-bond donors (Lipinski definition) is 0. The van der Waals surface area contributed by atoms with Gasteiger partial charge in [0.1, 0.15) is 5.52 Å². The Morgan fingerprint density at radius 1 is 0.967 bits per heavy atom. The highest BCUT2D eigenvalue weighted by molar-refractivity contribution is 5.95. The topological polar surface area (TPSA) is 77.3 Å². The molecule has 1 saturated heterocycles. The van der Waals surface area contributed by atoms with Gasteiger partial charge in [0.05, 0.1) is 21.3 Å². The molecular weight excluding hydrogens is 386 g/mol. The molecule has 158 valence electrons. The van der Waals surface area contributed by atoms with Crippen molar-refractivity contribution < 1.29 is 23.4 Å². The van der Waals surface area contributed by atoms with E-state index in [1.807, 2.05) is 29.2 Å². The minimum absolute atomic E-state index is 0.0753. The van der Waals surface area contributed by atoms with Crippen LogP contribution in [0.3, 0.4) is 0 Å². The molecule has 0 bridgehead atoms. The van der Waals surface area contributed by atoms with Crippen molar-refractivity contribution >= 4 is 23.0 Å². The first-order chi connectivity index (χ1) is 14.6. The molecule has 0 N–H and O–H groups in total. The fraction of sp³-hybridized carbons (Fsp3) is 0.364. The monoisotopic (exact) mass is 411 g/mol. The molecule has 30 heavy (non-hydrogen) atoms. The maximum absolute atomic E-state index is 13.2. The van der Waals surface area contributed by atoms with Gasteiger partial charge in [0.25, 0.3) is 11.9 Å². The Bertz CT molecular complexity index is 990. The van der Waals surface area contributed by atoms with E-state index in [1.54, 1.807) is 12.1 Å². The predicted molar refractivity (Wildman–Crippen MR) is 113 cm³/mol. The second kappa shape index (κ2) is 8.52. The molecule has 3 aromatic rings.